The minimum Gasteiger partial charge on any atom is -0.486 e. The fourth-order valence-electron chi connectivity index (χ4n) is 5.14. The first kappa shape index (κ1) is 27.9. The highest BCUT2D eigenvalue weighted by molar-refractivity contribution is 9.11. The molecule has 1 heterocycles. The maximum absolute atomic E-state index is 13.6. The lowest BCUT2D eigenvalue weighted by atomic mass is 9.68. The van der Waals surface area contributed by atoms with Gasteiger partial charge in [-0.15, -0.1) is 0 Å². The Hall–Kier alpha value is -3.11. The third-order valence-electron chi connectivity index (χ3n) is 6.87. The third kappa shape index (κ3) is 5.37. The number of nitriles is 2. The second-order valence-electron chi connectivity index (χ2n) is 10.2. The van der Waals surface area contributed by atoms with Crippen molar-refractivity contribution in [3.8, 4) is 17.9 Å². The number of allylic oxidation sites excluding steroid dienone is 3. The summed E-state index contributed by atoms with van der Waals surface area (Å²) in [5, 5.41) is 19.6. The van der Waals surface area contributed by atoms with Crippen molar-refractivity contribution in [3.05, 3.63) is 84.7 Å². The van der Waals surface area contributed by atoms with Crippen molar-refractivity contribution >= 4 is 37.6 Å². The number of hydrogen-bond acceptors (Lipinski definition) is 7. The summed E-state index contributed by atoms with van der Waals surface area (Å²) in [7, 11) is 1.61. The topological polar surface area (TPSA) is 112 Å². The van der Waals surface area contributed by atoms with Crippen LogP contribution in [0.3, 0.4) is 0 Å². The number of Topliss-reactive ketones (excluding diaryl/α,β-unsaturated/α-hetero) is 1. The zero-order chi connectivity index (χ0) is 27.6. The van der Waals surface area contributed by atoms with E-state index < -0.39 is 5.92 Å². The number of nitrogens with two attached hydrogens (primary N) is 1. The summed E-state index contributed by atoms with van der Waals surface area (Å²) in [5.41, 5.74) is 10.2. The minimum absolute atomic E-state index is 0.0181. The molecule has 2 aromatic rings. The summed E-state index contributed by atoms with van der Waals surface area (Å²) in [4.78, 5) is 15.5. The molecule has 1 atom stereocenters. The Morgan fingerprint density at radius 1 is 1.13 bits per heavy atom. The fourth-order valence-corrected chi connectivity index (χ4v) is 6.59. The number of benzene rings is 2. The third-order valence-corrected chi connectivity index (χ3v) is 8.05. The number of carbonyl (C=O) groups is 1. The maximum Gasteiger partial charge on any atom is 0.162 e. The normalized spacial score (nSPS) is 18.7. The number of carbonyl (C=O) groups excluding carboxylic acids is 1. The molecule has 0 aromatic heterocycles. The van der Waals surface area contributed by atoms with Crippen molar-refractivity contribution in [1.29, 1.82) is 10.5 Å². The summed E-state index contributed by atoms with van der Waals surface area (Å²) in [6.45, 7) is 5.21. The predicted octanol–water partition coefficient (Wildman–Crippen LogP) is 6.04. The van der Waals surface area contributed by atoms with Crippen LogP contribution >= 0.6 is 31.9 Å². The maximum atomic E-state index is 13.6. The Morgan fingerprint density at radius 3 is 2.45 bits per heavy atom. The Kier molecular flexibility index (Phi) is 8.32. The van der Waals surface area contributed by atoms with Crippen LogP contribution in [0.5, 0.6) is 5.75 Å². The lowest BCUT2D eigenvalue weighted by molar-refractivity contribution is -0.118. The van der Waals surface area contributed by atoms with Crippen LogP contribution < -0.4 is 10.5 Å². The molecule has 0 fully saturated rings. The SMILES string of the molecule is COCCN1C(N)=C(C#N)[C@@H](c2cc(Br)c(OCc3ccccc3C#N)c(Br)c2)C2=C1CC(C)(C)CC2=O. The highest BCUT2D eigenvalue weighted by Gasteiger charge is 2.44. The van der Waals surface area contributed by atoms with Gasteiger partial charge in [-0.05, 0) is 67.5 Å². The van der Waals surface area contributed by atoms with Gasteiger partial charge in [-0.25, -0.2) is 0 Å². The molecule has 0 radical (unpaired) electrons. The summed E-state index contributed by atoms with van der Waals surface area (Å²) in [5.74, 6) is 0.322. The average molecular weight is 640 g/mol. The molecule has 4 rings (SSSR count). The van der Waals surface area contributed by atoms with Crippen LogP contribution in [0.4, 0.5) is 0 Å². The van der Waals surface area contributed by atoms with E-state index in [4.69, 9.17) is 15.2 Å². The van der Waals surface area contributed by atoms with Crippen LogP contribution in [-0.2, 0) is 16.1 Å². The molecular weight excluding hydrogens is 612 g/mol. The smallest absolute Gasteiger partial charge is 0.162 e. The molecule has 0 unspecified atom stereocenters. The van der Waals surface area contributed by atoms with Crippen molar-refractivity contribution < 1.29 is 14.3 Å². The molecule has 7 nitrogen and oxygen atoms in total. The van der Waals surface area contributed by atoms with E-state index in [9.17, 15) is 15.3 Å². The van der Waals surface area contributed by atoms with Gasteiger partial charge in [0.25, 0.3) is 0 Å². The van der Waals surface area contributed by atoms with Gasteiger partial charge in [0.1, 0.15) is 18.2 Å². The molecule has 38 heavy (non-hydrogen) atoms. The number of halogens is 2. The molecule has 2 N–H and O–H groups in total. The number of ether oxygens (including phenoxy) is 2. The average Bonchev–Trinajstić information content (AvgIpc) is 2.86. The van der Waals surface area contributed by atoms with Crippen LogP contribution in [0.25, 0.3) is 0 Å². The van der Waals surface area contributed by atoms with Gasteiger partial charge in [0.15, 0.2) is 5.78 Å². The molecule has 196 valence electrons. The zero-order valence-electron chi connectivity index (χ0n) is 21.5. The van der Waals surface area contributed by atoms with Gasteiger partial charge < -0.3 is 20.1 Å². The first-order chi connectivity index (χ1) is 18.1. The van der Waals surface area contributed by atoms with Crippen molar-refractivity contribution in [3.63, 3.8) is 0 Å². The lowest BCUT2D eigenvalue weighted by Gasteiger charge is -2.43. The van der Waals surface area contributed by atoms with E-state index in [0.29, 0.717) is 63.2 Å². The molecular formula is C29H28Br2N4O3. The summed E-state index contributed by atoms with van der Waals surface area (Å²) >= 11 is 7.24. The van der Waals surface area contributed by atoms with Crippen molar-refractivity contribution in [2.75, 3.05) is 20.3 Å². The largest absolute Gasteiger partial charge is 0.486 e. The van der Waals surface area contributed by atoms with Crippen LogP contribution in [-0.4, -0.2) is 30.9 Å². The highest BCUT2D eigenvalue weighted by Crippen LogP contribution is 2.50. The molecule has 2 aromatic carbocycles. The second-order valence-corrected chi connectivity index (χ2v) is 11.9. The molecule has 1 aliphatic carbocycles. The van der Waals surface area contributed by atoms with E-state index in [1.807, 2.05) is 35.2 Å². The van der Waals surface area contributed by atoms with E-state index in [1.54, 1.807) is 13.2 Å². The van der Waals surface area contributed by atoms with Gasteiger partial charge in [-0.1, -0.05) is 32.0 Å². The second kappa shape index (κ2) is 11.3. The number of rotatable bonds is 7. The highest BCUT2D eigenvalue weighted by atomic mass is 79.9. The lowest BCUT2D eigenvalue weighted by Crippen LogP contribution is -2.43. The van der Waals surface area contributed by atoms with Gasteiger partial charge in [0.05, 0.1) is 44.7 Å². The zero-order valence-corrected chi connectivity index (χ0v) is 24.6. The summed E-state index contributed by atoms with van der Waals surface area (Å²) < 4.78 is 12.7. The van der Waals surface area contributed by atoms with Crippen LogP contribution in [0.15, 0.2) is 68.0 Å². The van der Waals surface area contributed by atoms with E-state index >= 15 is 0 Å². The molecule has 0 bridgehead atoms. The van der Waals surface area contributed by atoms with Gasteiger partial charge in [-0.3, -0.25) is 4.79 Å². The minimum atomic E-state index is -0.599. The standard InChI is InChI=1S/C29H28Br2N4O3/c1-29(2)12-23-26(24(36)13-29)25(20(15-33)28(34)35(23)8-9-37-3)19-10-21(30)27(22(31)11-19)38-16-18-7-5-4-6-17(18)14-32/h4-7,10-11,25H,8-9,12-13,16,34H2,1-3H3/t25-/m1/s1. The Bertz CT molecular complexity index is 1410. The Morgan fingerprint density at radius 2 is 1.82 bits per heavy atom. The molecule has 2 aliphatic rings. The quantitative estimate of drug-likeness (QED) is 0.393. The Labute approximate surface area is 239 Å². The summed E-state index contributed by atoms with van der Waals surface area (Å²) in [6.07, 6.45) is 1.05. The molecule has 1 aliphatic heterocycles. The van der Waals surface area contributed by atoms with Crippen LogP contribution in [0.1, 0.15) is 49.3 Å². The predicted molar refractivity (Wildman–Crippen MR) is 151 cm³/mol. The van der Waals surface area contributed by atoms with E-state index in [2.05, 4.69) is 57.8 Å². The number of hydrogen-bond donors (Lipinski definition) is 1. The number of ketones is 1. The molecule has 0 saturated heterocycles. The monoisotopic (exact) mass is 638 g/mol. The van der Waals surface area contributed by atoms with E-state index in [0.717, 1.165) is 16.8 Å². The van der Waals surface area contributed by atoms with Crippen molar-refractivity contribution in [1.82, 2.24) is 4.90 Å². The first-order valence-corrected chi connectivity index (χ1v) is 13.7. The summed E-state index contributed by atoms with van der Waals surface area (Å²) in [6, 6.07) is 15.5. The van der Waals surface area contributed by atoms with Gasteiger partial charge in [0, 0.05) is 36.9 Å². The number of methoxy groups -OCH3 is 1. The number of nitrogens with zero attached hydrogens (tertiary/aromatic N) is 3. The molecule has 9 heteroatoms. The first-order valence-electron chi connectivity index (χ1n) is 12.1. The molecule has 0 spiro atoms. The Balaban J connectivity index is 1.77. The van der Waals surface area contributed by atoms with Crippen LogP contribution in [0.2, 0.25) is 0 Å². The molecule has 0 amide bonds. The fraction of sp³-hybridized carbons (Fsp3) is 0.345. The van der Waals surface area contributed by atoms with Crippen molar-refractivity contribution in [2.24, 2.45) is 11.1 Å². The van der Waals surface area contributed by atoms with E-state index in [-0.39, 0.29) is 17.8 Å². The van der Waals surface area contributed by atoms with Gasteiger partial charge >= 0.3 is 0 Å². The molecule has 0 saturated carbocycles. The van der Waals surface area contributed by atoms with Gasteiger partial charge in [-0.2, -0.15) is 10.5 Å². The van der Waals surface area contributed by atoms with Gasteiger partial charge in [0.2, 0.25) is 0 Å². The van der Waals surface area contributed by atoms with Crippen LogP contribution in [0, 0.1) is 28.1 Å². The van der Waals surface area contributed by atoms with E-state index in [1.165, 1.54) is 0 Å². The van der Waals surface area contributed by atoms with Crippen molar-refractivity contribution in [2.45, 2.75) is 39.2 Å².